The Morgan fingerprint density at radius 3 is 2.24 bits per heavy atom. The van der Waals surface area contributed by atoms with Crippen LogP contribution in [0.5, 0.6) is 0 Å². The highest BCUT2D eigenvalue weighted by Crippen LogP contribution is 2.45. The van der Waals surface area contributed by atoms with Crippen LogP contribution in [0.25, 0.3) is 0 Å². The van der Waals surface area contributed by atoms with E-state index >= 15 is 0 Å². The minimum Gasteiger partial charge on any atom is -0.425 e. The highest BCUT2D eigenvalue weighted by molar-refractivity contribution is 6.04. The number of ketones is 1. The smallest absolute Gasteiger partial charge is 0.323 e. The fraction of sp³-hybridized carbons (Fsp3) is 0.750. The molecule has 0 aromatic carbocycles. The third-order valence-corrected chi connectivity index (χ3v) is 3.34. The molecule has 0 aromatic rings. The molecule has 3 atom stereocenters. The molecule has 1 saturated heterocycles. The van der Waals surface area contributed by atoms with E-state index in [1.807, 2.05) is 13.8 Å². The fourth-order valence-corrected chi connectivity index (χ4v) is 2.33. The Kier molecular flexibility index (Phi) is 3.59. The normalized spacial score (nSPS) is 32.5. The van der Waals surface area contributed by atoms with Gasteiger partial charge in [0.05, 0.1) is 5.92 Å². The molecule has 0 aliphatic carbocycles. The number of carbonyl (C=O) groups is 3. The van der Waals surface area contributed by atoms with Crippen LogP contribution >= 0.6 is 0 Å². The van der Waals surface area contributed by atoms with Crippen molar-refractivity contribution in [1.82, 2.24) is 0 Å². The van der Waals surface area contributed by atoms with E-state index in [-0.39, 0.29) is 11.7 Å². The van der Waals surface area contributed by atoms with E-state index in [0.717, 1.165) is 0 Å². The van der Waals surface area contributed by atoms with Crippen LogP contribution in [-0.2, 0) is 23.9 Å². The lowest BCUT2D eigenvalue weighted by Gasteiger charge is -2.28. The fourth-order valence-electron chi connectivity index (χ4n) is 2.33. The molecule has 0 aromatic heterocycles. The molecule has 1 aliphatic rings. The summed E-state index contributed by atoms with van der Waals surface area (Å²) in [4.78, 5) is 34.4. The minimum atomic E-state index is -1.23. The third-order valence-electron chi connectivity index (χ3n) is 3.34. The molecule has 1 aliphatic heterocycles. The highest BCUT2D eigenvalue weighted by atomic mass is 16.7. The Hall–Kier alpha value is -1.39. The number of hydrogen-bond donors (Lipinski definition) is 0. The van der Waals surface area contributed by atoms with E-state index in [1.165, 1.54) is 13.8 Å². The van der Waals surface area contributed by atoms with Crippen LogP contribution in [-0.4, -0.2) is 24.0 Å². The van der Waals surface area contributed by atoms with Crippen molar-refractivity contribution < 1.29 is 23.9 Å². The zero-order valence-electron chi connectivity index (χ0n) is 10.8. The lowest BCUT2D eigenvalue weighted by Crippen LogP contribution is -2.41. The Bertz CT molecular complexity index is 360. The quantitative estimate of drug-likeness (QED) is 0.551. The molecular weight excluding hydrogens is 224 g/mol. The summed E-state index contributed by atoms with van der Waals surface area (Å²) in [6, 6.07) is 0. The average Bonchev–Trinajstić information content (AvgIpc) is 2.38. The molecule has 1 fully saturated rings. The van der Waals surface area contributed by atoms with E-state index in [4.69, 9.17) is 9.47 Å². The van der Waals surface area contributed by atoms with Crippen molar-refractivity contribution in [1.29, 1.82) is 0 Å². The van der Waals surface area contributed by atoms with E-state index in [2.05, 4.69) is 0 Å². The Morgan fingerprint density at radius 2 is 1.88 bits per heavy atom. The third kappa shape index (κ3) is 2.18. The van der Waals surface area contributed by atoms with Gasteiger partial charge >= 0.3 is 11.9 Å². The number of Topliss-reactive ketones (excluding diaryl/α,β-unsaturated/α-hetero) is 1. The van der Waals surface area contributed by atoms with Crippen molar-refractivity contribution in [2.24, 2.45) is 17.3 Å². The van der Waals surface area contributed by atoms with Gasteiger partial charge < -0.3 is 9.47 Å². The van der Waals surface area contributed by atoms with Crippen LogP contribution in [0.1, 0.15) is 34.6 Å². The molecule has 96 valence electrons. The second-order valence-corrected chi connectivity index (χ2v) is 4.91. The van der Waals surface area contributed by atoms with Crippen molar-refractivity contribution in [2.45, 2.75) is 40.9 Å². The predicted octanol–water partition coefficient (Wildman–Crippen LogP) is 1.30. The molecule has 0 saturated carbocycles. The first-order valence-corrected chi connectivity index (χ1v) is 5.60. The van der Waals surface area contributed by atoms with Crippen molar-refractivity contribution >= 4 is 17.7 Å². The maximum atomic E-state index is 11.8. The Labute approximate surface area is 100 Å². The molecule has 0 unspecified atom stereocenters. The van der Waals surface area contributed by atoms with Gasteiger partial charge in [0.1, 0.15) is 11.2 Å². The van der Waals surface area contributed by atoms with Crippen LogP contribution in [0, 0.1) is 17.3 Å². The number of carbonyl (C=O) groups excluding carboxylic acids is 3. The van der Waals surface area contributed by atoms with Crippen molar-refractivity contribution in [3.05, 3.63) is 0 Å². The largest absolute Gasteiger partial charge is 0.425 e. The van der Waals surface area contributed by atoms with Gasteiger partial charge in [-0.1, -0.05) is 13.8 Å². The maximum Gasteiger partial charge on any atom is 0.323 e. The zero-order chi connectivity index (χ0) is 13.4. The molecular formula is C12H18O5. The van der Waals surface area contributed by atoms with Gasteiger partial charge in [-0.3, -0.25) is 14.4 Å². The van der Waals surface area contributed by atoms with Gasteiger partial charge in [-0.15, -0.1) is 0 Å². The van der Waals surface area contributed by atoms with Gasteiger partial charge in [-0.25, -0.2) is 0 Å². The van der Waals surface area contributed by atoms with E-state index < -0.39 is 29.6 Å². The highest BCUT2D eigenvalue weighted by Gasteiger charge is 2.59. The molecule has 0 amide bonds. The lowest BCUT2D eigenvalue weighted by atomic mass is 9.70. The van der Waals surface area contributed by atoms with Gasteiger partial charge in [-0.2, -0.15) is 0 Å². The summed E-state index contributed by atoms with van der Waals surface area (Å²) in [5.74, 6) is -1.87. The molecule has 0 N–H and O–H groups in total. The molecule has 1 rings (SSSR count). The van der Waals surface area contributed by atoms with Gasteiger partial charge in [0, 0.05) is 6.92 Å². The van der Waals surface area contributed by atoms with Crippen molar-refractivity contribution in [3.63, 3.8) is 0 Å². The summed E-state index contributed by atoms with van der Waals surface area (Å²) in [6.07, 6.45) is -0.964. The second-order valence-electron chi connectivity index (χ2n) is 4.91. The molecule has 0 radical (unpaired) electrons. The first-order chi connectivity index (χ1) is 7.71. The number of cyclic esters (lactones) is 1. The topological polar surface area (TPSA) is 69.7 Å². The van der Waals surface area contributed by atoms with Crippen molar-refractivity contribution in [2.75, 3.05) is 0 Å². The average molecular weight is 242 g/mol. The van der Waals surface area contributed by atoms with E-state index in [9.17, 15) is 14.4 Å². The van der Waals surface area contributed by atoms with Crippen LogP contribution in [0.4, 0.5) is 0 Å². The van der Waals surface area contributed by atoms with Crippen LogP contribution in [0.2, 0.25) is 0 Å². The second kappa shape index (κ2) is 4.47. The molecule has 17 heavy (non-hydrogen) atoms. The molecule has 0 spiro atoms. The predicted molar refractivity (Wildman–Crippen MR) is 58.8 cm³/mol. The standard InChI is InChI=1S/C12H18O5/c1-6(2)9-10(16-8(4)14)17-11(15)12(9,5)7(3)13/h6,9-10H,1-5H3/t9-,10-,12-/m1/s1. The van der Waals surface area contributed by atoms with E-state index in [1.54, 1.807) is 6.92 Å². The summed E-state index contributed by atoms with van der Waals surface area (Å²) in [5.41, 5.74) is -1.23. The van der Waals surface area contributed by atoms with Crippen molar-refractivity contribution in [3.8, 4) is 0 Å². The van der Waals surface area contributed by atoms with Crippen LogP contribution in [0.3, 0.4) is 0 Å². The van der Waals surface area contributed by atoms with Gasteiger partial charge in [0.15, 0.2) is 0 Å². The number of rotatable bonds is 3. The zero-order valence-corrected chi connectivity index (χ0v) is 10.8. The lowest BCUT2D eigenvalue weighted by molar-refractivity contribution is -0.181. The summed E-state index contributed by atoms with van der Waals surface area (Å²) in [7, 11) is 0. The van der Waals surface area contributed by atoms with Gasteiger partial charge in [0.25, 0.3) is 6.29 Å². The molecule has 5 heteroatoms. The minimum absolute atomic E-state index is 0.0142. The van der Waals surface area contributed by atoms with Gasteiger partial charge in [0.2, 0.25) is 0 Å². The SMILES string of the molecule is CC(=O)O[C@@H]1OC(=O)[C@](C)(C(C)=O)[C@@H]1C(C)C. The number of ether oxygens (including phenoxy) is 2. The summed E-state index contributed by atoms with van der Waals surface area (Å²) >= 11 is 0. The summed E-state index contributed by atoms with van der Waals surface area (Å²) in [5, 5.41) is 0. The first kappa shape index (κ1) is 13.7. The van der Waals surface area contributed by atoms with Gasteiger partial charge in [-0.05, 0) is 19.8 Å². The maximum absolute atomic E-state index is 11.8. The molecule has 0 bridgehead atoms. The molecule has 5 nitrogen and oxygen atoms in total. The Morgan fingerprint density at radius 1 is 1.35 bits per heavy atom. The summed E-state index contributed by atoms with van der Waals surface area (Å²) in [6.45, 7) is 7.88. The first-order valence-electron chi connectivity index (χ1n) is 5.60. The van der Waals surface area contributed by atoms with Crippen LogP contribution < -0.4 is 0 Å². The van der Waals surface area contributed by atoms with Crippen LogP contribution in [0.15, 0.2) is 0 Å². The van der Waals surface area contributed by atoms with E-state index in [0.29, 0.717) is 0 Å². The Balaban J connectivity index is 3.11. The summed E-state index contributed by atoms with van der Waals surface area (Å²) < 4.78 is 9.99. The molecule has 1 heterocycles. The number of hydrogen-bond acceptors (Lipinski definition) is 5. The monoisotopic (exact) mass is 242 g/mol. The number of esters is 2.